The summed E-state index contributed by atoms with van der Waals surface area (Å²) in [6.45, 7) is 3.66. The molecule has 1 aliphatic rings. The number of fused-ring (bicyclic) bond motifs is 1. The van der Waals surface area contributed by atoms with E-state index in [2.05, 4.69) is 4.98 Å². The van der Waals surface area contributed by atoms with Crippen LogP contribution in [0.1, 0.15) is 20.9 Å². The van der Waals surface area contributed by atoms with Crippen LogP contribution in [-0.4, -0.2) is 62.1 Å². The van der Waals surface area contributed by atoms with Crippen molar-refractivity contribution in [3.63, 3.8) is 0 Å². The van der Waals surface area contributed by atoms with Gasteiger partial charge in [-0.1, -0.05) is 17.4 Å². The molecule has 0 bridgehead atoms. The van der Waals surface area contributed by atoms with Crippen molar-refractivity contribution in [3.05, 3.63) is 62.9 Å². The average Bonchev–Trinajstić information content (AvgIpc) is 3.35. The van der Waals surface area contributed by atoms with Crippen LogP contribution in [0.3, 0.4) is 0 Å². The Morgan fingerprint density at radius 3 is 2.55 bits per heavy atom. The molecule has 10 heteroatoms. The number of amides is 2. The van der Waals surface area contributed by atoms with Gasteiger partial charge in [-0.3, -0.25) is 19.7 Å². The highest BCUT2D eigenvalue weighted by Crippen LogP contribution is 2.25. The molecule has 9 nitrogen and oxygen atoms in total. The van der Waals surface area contributed by atoms with Crippen LogP contribution in [0.5, 0.6) is 0 Å². The molecule has 0 spiro atoms. The van der Waals surface area contributed by atoms with Crippen molar-refractivity contribution >= 4 is 33.8 Å². The molecule has 0 radical (unpaired) electrons. The van der Waals surface area contributed by atoms with Crippen molar-refractivity contribution in [2.45, 2.75) is 13.3 Å². The van der Waals surface area contributed by atoms with E-state index < -0.39 is 4.92 Å². The zero-order valence-corrected chi connectivity index (χ0v) is 16.6. The van der Waals surface area contributed by atoms with E-state index in [1.807, 2.05) is 35.9 Å². The molecule has 1 aliphatic heterocycles. The number of carbonyl (C=O) groups excluding carboxylic acids is 2. The lowest BCUT2D eigenvalue weighted by Gasteiger charge is -2.34. The minimum absolute atomic E-state index is 0.0232. The molecule has 0 aliphatic carbocycles. The lowest BCUT2D eigenvalue weighted by molar-refractivity contribution is -0.380. The standard InChI is InChI=1S/C19H19N5O4S/c1-13-3-2-6-23-12-14(20-18(13)23)11-16(25)21-7-9-22(10-8-21)19(26)15-4-5-17(29-15)24(27)28/h2-6,12H,7-11H2,1H3. The first-order valence-electron chi connectivity index (χ1n) is 9.17. The van der Waals surface area contributed by atoms with Crippen molar-refractivity contribution in [1.82, 2.24) is 19.2 Å². The van der Waals surface area contributed by atoms with E-state index in [0.29, 0.717) is 36.8 Å². The maximum absolute atomic E-state index is 12.7. The summed E-state index contributed by atoms with van der Waals surface area (Å²) < 4.78 is 1.91. The molecular formula is C19H19N5O4S. The summed E-state index contributed by atoms with van der Waals surface area (Å²) >= 11 is 0.873. The van der Waals surface area contributed by atoms with E-state index in [-0.39, 0.29) is 23.2 Å². The molecule has 0 unspecified atom stereocenters. The molecule has 0 saturated carbocycles. The van der Waals surface area contributed by atoms with Crippen LogP contribution in [-0.2, 0) is 11.2 Å². The molecule has 4 heterocycles. The van der Waals surface area contributed by atoms with E-state index in [1.54, 1.807) is 9.80 Å². The van der Waals surface area contributed by atoms with Gasteiger partial charge in [0.2, 0.25) is 5.91 Å². The predicted octanol–water partition coefficient (Wildman–Crippen LogP) is 2.14. The zero-order valence-electron chi connectivity index (χ0n) is 15.8. The summed E-state index contributed by atoms with van der Waals surface area (Å²) in [7, 11) is 0. The highest BCUT2D eigenvalue weighted by Gasteiger charge is 2.27. The fourth-order valence-electron chi connectivity index (χ4n) is 3.41. The molecule has 0 N–H and O–H groups in total. The lowest BCUT2D eigenvalue weighted by Crippen LogP contribution is -2.50. The lowest BCUT2D eigenvalue weighted by atomic mass is 10.2. The van der Waals surface area contributed by atoms with E-state index in [0.717, 1.165) is 22.5 Å². The third kappa shape index (κ3) is 3.83. The molecule has 0 atom stereocenters. The van der Waals surface area contributed by atoms with Crippen molar-refractivity contribution in [3.8, 4) is 0 Å². The van der Waals surface area contributed by atoms with E-state index in [4.69, 9.17) is 0 Å². The highest BCUT2D eigenvalue weighted by molar-refractivity contribution is 7.17. The Kier molecular flexibility index (Phi) is 5.01. The average molecular weight is 413 g/mol. The van der Waals surface area contributed by atoms with E-state index >= 15 is 0 Å². The van der Waals surface area contributed by atoms with Gasteiger partial charge in [0, 0.05) is 44.6 Å². The van der Waals surface area contributed by atoms with Gasteiger partial charge in [0.25, 0.3) is 5.91 Å². The third-order valence-corrected chi connectivity index (χ3v) is 5.99. The number of aromatic nitrogens is 2. The number of piperazine rings is 1. The van der Waals surface area contributed by atoms with Crippen LogP contribution < -0.4 is 0 Å². The number of nitro groups is 1. The first kappa shape index (κ1) is 19.1. The van der Waals surface area contributed by atoms with Gasteiger partial charge >= 0.3 is 5.00 Å². The predicted molar refractivity (Wildman–Crippen MR) is 107 cm³/mol. The van der Waals surface area contributed by atoms with Crippen molar-refractivity contribution < 1.29 is 14.5 Å². The Morgan fingerprint density at radius 1 is 1.17 bits per heavy atom. The van der Waals surface area contributed by atoms with Gasteiger partial charge < -0.3 is 14.2 Å². The summed E-state index contributed by atoms with van der Waals surface area (Å²) in [5, 5.41) is 10.7. The third-order valence-electron chi connectivity index (χ3n) is 4.96. The Bertz CT molecular complexity index is 1100. The van der Waals surface area contributed by atoms with Crippen LogP contribution in [0.15, 0.2) is 36.7 Å². The molecule has 3 aromatic heterocycles. The first-order valence-corrected chi connectivity index (χ1v) is 9.98. The summed E-state index contributed by atoms with van der Waals surface area (Å²) in [6, 6.07) is 6.74. The van der Waals surface area contributed by atoms with Gasteiger partial charge in [-0.2, -0.15) is 0 Å². The van der Waals surface area contributed by atoms with Crippen molar-refractivity contribution in [2.24, 2.45) is 0 Å². The molecule has 4 rings (SSSR count). The second-order valence-electron chi connectivity index (χ2n) is 6.90. The van der Waals surface area contributed by atoms with Gasteiger partial charge in [0.15, 0.2) is 0 Å². The molecule has 29 heavy (non-hydrogen) atoms. The molecule has 1 saturated heterocycles. The quantitative estimate of drug-likeness (QED) is 0.482. The summed E-state index contributed by atoms with van der Waals surface area (Å²) in [5.74, 6) is -0.254. The zero-order chi connectivity index (χ0) is 20.5. The highest BCUT2D eigenvalue weighted by atomic mass is 32.1. The van der Waals surface area contributed by atoms with Crippen molar-refractivity contribution in [1.29, 1.82) is 0 Å². The number of aryl methyl sites for hydroxylation is 1. The Labute approximate surface area is 170 Å². The Morgan fingerprint density at radius 2 is 1.90 bits per heavy atom. The number of nitrogens with zero attached hydrogens (tertiary/aromatic N) is 5. The summed E-state index contributed by atoms with van der Waals surface area (Å²) in [5.41, 5.74) is 2.61. The van der Waals surface area contributed by atoms with Gasteiger partial charge in [-0.25, -0.2) is 4.98 Å². The van der Waals surface area contributed by atoms with E-state index in [1.165, 1.54) is 12.1 Å². The van der Waals surface area contributed by atoms with Gasteiger partial charge in [0.1, 0.15) is 5.65 Å². The second kappa shape index (κ2) is 7.63. The van der Waals surface area contributed by atoms with E-state index in [9.17, 15) is 19.7 Å². The second-order valence-corrected chi connectivity index (χ2v) is 7.96. The summed E-state index contributed by atoms with van der Waals surface area (Å²) in [4.78, 5) is 43.7. The van der Waals surface area contributed by atoms with Crippen molar-refractivity contribution in [2.75, 3.05) is 26.2 Å². The van der Waals surface area contributed by atoms with Crippen LogP contribution in [0.2, 0.25) is 0 Å². The normalized spacial score (nSPS) is 14.4. The van der Waals surface area contributed by atoms with Gasteiger partial charge in [0.05, 0.1) is 21.9 Å². The number of hydrogen-bond donors (Lipinski definition) is 0. The Hall–Kier alpha value is -3.27. The largest absolute Gasteiger partial charge is 0.339 e. The molecule has 3 aromatic rings. The monoisotopic (exact) mass is 413 g/mol. The minimum Gasteiger partial charge on any atom is -0.339 e. The smallest absolute Gasteiger partial charge is 0.324 e. The van der Waals surface area contributed by atoms with Crippen LogP contribution in [0.4, 0.5) is 5.00 Å². The van der Waals surface area contributed by atoms with Crippen LogP contribution in [0, 0.1) is 17.0 Å². The molecular weight excluding hydrogens is 394 g/mol. The number of hydrogen-bond acceptors (Lipinski definition) is 6. The molecule has 150 valence electrons. The fourth-order valence-corrected chi connectivity index (χ4v) is 4.20. The molecule has 2 amide bonds. The van der Waals surface area contributed by atoms with Crippen LogP contribution >= 0.6 is 11.3 Å². The fraction of sp³-hybridized carbons (Fsp3) is 0.316. The topological polar surface area (TPSA) is 101 Å². The number of rotatable bonds is 4. The molecule has 1 fully saturated rings. The van der Waals surface area contributed by atoms with Crippen LogP contribution in [0.25, 0.3) is 5.65 Å². The summed E-state index contributed by atoms with van der Waals surface area (Å²) in [6.07, 6.45) is 3.98. The number of carbonyl (C=O) groups is 2. The SMILES string of the molecule is Cc1cccn2cc(CC(=O)N3CCN(C(=O)c4ccc([N+](=O)[O-])s4)CC3)nc12. The van der Waals surface area contributed by atoms with Gasteiger partial charge in [-0.05, 0) is 24.6 Å². The van der Waals surface area contributed by atoms with Gasteiger partial charge in [-0.15, -0.1) is 0 Å². The first-order chi connectivity index (χ1) is 13.9. The maximum atomic E-state index is 12.7. The molecule has 0 aromatic carbocycles. The Balaban J connectivity index is 1.35. The number of thiophene rings is 1. The number of pyridine rings is 1. The minimum atomic E-state index is -0.501. The number of imidazole rings is 1. The maximum Gasteiger partial charge on any atom is 0.324 e.